The summed E-state index contributed by atoms with van der Waals surface area (Å²) in [4.78, 5) is 11.7. The van der Waals surface area contributed by atoms with E-state index >= 15 is 0 Å². The summed E-state index contributed by atoms with van der Waals surface area (Å²) in [6, 6.07) is 0.0777. The van der Waals surface area contributed by atoms with Gasteiger partial charge in [0.05, 0.1) is 6.61 Å². The molecule has 1 aliphatic carbocycles. The minimum atomic E-state index is -4.33. The average Bonchev–Trinajstić information content (AvgIpc) is 2.26. The van der Waals surface area contributed by atoms with Crippen LogP contribution in [-0.4, -0.2) is 36.2 Å². The molecule has 0 radical (unpaired) electrons. The van der Waals surface area contributed by atoms with E-state index in [0.29, 0.717) is 0 Å². The molecule has 1 N–H and O–H groups in total. The second kappa shape index (κ2) is 7.33. The normalized spacial score (nSPS) is 24.9. The molecule has 7 heteroatoms. The maximum atomic E-state index is 11.8. The Morgan fingerprint density at radius 3 is 2.61 bits per heavy atom. The third-order valence-corrected chi connectivity index (χ3v) is 3.86. The molecule has 1 fully saturated rings. The van der Waals surface area contributed by atoms with Crippen molar-refractivity contribution < 1.29 is 22.7 Å². The zero-order valence-corrected chi connectivity index (χ0v) is 11.5. The van der Waals surface area contributed by atoms with Crippen molar-refractivity contribution in [3.8, 4) is 0 Å². The van der Waals surface area contributed by atoms with Crippen LogP contribution in [0.2, 0.25) is 0 Å². The molecular weight excluding hydrogens is 315 g/mol. The molecule has 0 aliphatic heterocycles. The van der Waals surface area contributed by atoms with Crippen LogP contribution in [0.25, 0.3) is 0 Å². The van der Waals surface area contributed by atoms with Crippen LogP contribution in [-0.2, 0) is 9.53 Å². The van der Waals surface area contributed by atoms with Gasteiger partial charge in [0.15, 0.2) is 0 Å². The van der Waals surface area contributed by atoms with E-state index in [1.54, 1.807) is 0 Å². The lowest BCUT2D eigenvalue weighted by Crippen LogP contribution is -2.42. The van der Waals surface area contributed by atoms with Crippen molar-refractivity contribution in [2.75, 3.05) is 13.2 Å². The Morgan fingerprint density at radius 2 is 2.00 bits per heavy atom. The molecule has 0 aromatic heterocycles. The van der Waals surface area contributed by atoms with E-state index in [0.717, 1.165) is 25.7 Å². The number of rotatable bonds is 5. The van der Waals surface area contributed by atoms with E-state index in [4.69, 9.17) is 0 Å². The maximum Gasteiger partial charge on any atom is 0.411 e. The van der Waals surface area contributed by atoms with Crippen LogP contribution in [0.1, 0.15) is 32.1 Å². The molecule has 2 atom stereocenters. The molecule has 3 nitrogen and oxygen atoms in total. The van der Waals surface area contributed by atoms with Gasteiger partial charge in [-0.2, -0.15) is 13.2 Å². The highest BCUT2D eigenvalue weighted by Crippen LogP contribution is 2.24. The summed E-state index contributed by atoms with van der Waals surface area (Å²) < 4.78 is 39.7. The van der Waals surface area contributed by atoms with Crippen molar-refractivity contribution in [3.05, 3.63) is 0 Å². The number of hydrogen-bond donors (Lipinski definition) is 1. The van der Waals surface area contributed by atoms with E-state index in [9.17, 15) is 18.0 Å². The summed E-state index contributed by atoms with van der Waals surface area (Å²) in [5.74, 6) is -0.256. The van der Waals surface area contributed by atoms with Gasteiger partial charge in [-0.15, -0.1) is 0 Å². The van der Waals surface area contributed by atoms with Gasteiger partial charge in [-0.1, -0.05) is 28.8 Å². The van der Waals surface area contributed by atoms with Gasteiger partial charge in [-0.3, -0.25) is 4.79 Å². The third kappa shape index (κ3) is 6.58. The van der Waals surface area contributed by atoms with E-state index in [2.05, 4.69) is 26.0 Å². The number of ether oxygens (including phenoxy) is 1. The van der Waals surface area contributed by atoms with Gasteiger partial charge in [-0.05, 0) is 12.8 Å². The molecule has 0 spiro atoms. The van der Waals surface area contributed by atoms with Crippen molar-refractivity contribution in [2.45, 2.75) is 49.1 Å². The van der Waals surface area contributed by atoms with Gasteiger partial charge in [0, 0.05) is 17.3 Å². The number of alkyl halides is 4. The second-order valence-corrected chi connectivity index (χ2v) is 5.57. The molecule has 1 saturated carbocycles. The first-order valence-corrected chi connectivity index (χ1v) is 6.88. The Morgan fingerprint density at radius 1 is 1.33 bits per heavy atom. The molecule has 0 bridgehead atoms. The zero-order chi connectivity index (χ0) is 13.6. The fourth-order valence-electron chi connectivity index (χ4n) is 1.88. The number of halogens is 4. The van der Waals surface area contributed by atoms with Crippen molar-refractivity contribution in [1.82, 2.24) is 5.32 Å². The van der Waals surface area contributed by atoms with Crippen LogP contribution in [0, 0.1) is 0 Å². The van der Waals surface area contributed by atoms with Gasteiger partial charge in [-0.25, -0.2) is 0 Å². The van der Waals surface area contributed by atoms with Crippen molar-refractivity contribution in [2.24, 2.45) is 0 Å². The van der Waals surface area contributed by atoms with E-state index in [-0.39, 0.29) is 29.8 Å². The summed E-state index contributed by atoms with van der Waals surface area (Å²) in [6.45, 7) is -1.50. The van der Waals surface area contributed by atoms with Crippen LogP contribution in [0.15, 0.2) is 0 Å². The molecule has 0 aromatic rings. The summed E-state index contributed by atoms with van der Waals surface area (Å²) >= 11 is 3.50. The first-order chi connectivity index (χ1) is 8.38. The first kappa shape index (κ1) is 15.8. The monoisotopic (exact) mass is 331 g/mol. The van der Waals surface area contributed by atoms with Gasteiger partial charge in [0.1, 0.15) is 6.61 Å². The van der Waals surface area contributed by atoms with Crippen LogP contribution in [0.5, 0.6) is 0 Å². The Kier molecular flexibility index (Phi) is 6.42. The predicted octanol–water partition coefficient (Wildman–Crippen LogP) is 2.78. The Balaban J connectivity index is 2.13. The highest BCUT2D eigenvalue weighted by molar-refractivity contribution is 9.09. The molecule has 1 amide bonds. The minimum absolute atomic E-state index is 0.0354. The lowest BCUT2D eigenvalue weighted by atomic mass is 9.95. The quantitative estimate of drug-likeness (QED) is 0.621. The van der Waals surface area contributed by atoms with Crippen LogP contribution in [0.3, 0.4) is 0 Å². The van der Waals surface area contributed by atoms with Crippen molar-refractivity contribution in [1.29, 1.82) is 0 Å². The average molecular weight is 332 g/mol. The Hall–Kier alpha value is -0.300. The Bertz CT molecular complexity index is 274. The minimum Gasteiger partial charge on any atom is -0.372 e. The van der Waals surface area contributed by atoms with Gasteiger partial charge < -0.3 is 10.1 Å². The summed E-state index contributed by atoms with van der Waals surface area (Å²) in [7, 11) is 0. The fraction of sp³-hybridized carbons (Fsp3) is 0.909. The van der Waals surface area contributed by atoms with E-state index in [1.807, 2.05) is 0 Å². The van der Waals surface area contributed by atoms with Crippen LogP contribution >= 0.6 is 15.9 Å². The van der Waals surface area contributed by atoms with Crippen LogP contribution < -0.4 is 5.32 Å². The largest absolute Gasteiger partial charge is 0.411 e. The van der Waals surface area contributed by atoms with Gasteiger partial charge >= 0.3 is 6.18 Å². The molecule has 1 aliphatic rings. The number of carbonyl (C=O) groups excluding carboxylic acids is 1. The van der Waals surface area contributed by atoms with Crippen LogP contribution in [0.4, 0.5) is 13.2 Å². The second-order valence-electron chi connectivity index (χ2n) is 4.39. The first-order valence-electron chi connectivity index (χ1n) is 5.96. The number of carbonyl (C=O) groups is 1. The highest BCUT2D eigenvalue weighted by Gasteiger charge is 2.27. The van der Waals surface area contributed by atoms with Crippen molar-refractivity contribution in [3.63, 3.8) is 0 Å². The predicted molar refractivity (Wildman–Crippen MR) is 64.6 cm³/mol. The topological polar surface area (TPSA) is 38.3 Å². The van der Waals surface area contributed by atoms with E-state index in [1.165, 1.54) is 0 Å². The summed E-state index contributed by atoms with van der Waals surface area (Å²) in [5, 5.41) is 2.82. The summed E-state index contributed by atoms with van der Waals surface area (Å²) in [6.07, 6.45) is -0.248. The summed E-state index contributed by atoms with van der Waals surface area (Å²) in [5.41, 5.74) is 0. The molecule has 106 valence electrons. The smallest absolute Gasteiger partial charge is 0.372 e. The number of nitrogens with one attached hydrogen (secondary N) is 1. The van der Waals surface area contributed by atoms with Gasteiger partial charge in [0.25, 0.3) is 0 Å². The molecule has 18 heavy (non-hydrogen) atoms. The molecule has 2 unspecified atom stereocenters. The molecule has 0 heterocycles. The Labute approximate surface area is 113 Å². The lowest BCUT2D eigenvalue weighted by molar-refractivity contribution is -0.174. The lowest BCUT2D eigenvalue weighted by Gasteiger charge is -2.28. The van der Waals surface area contributed by atoms with Gasteiger partial charge in [0.2, 0.25) is 5.91 Å². The molecule has 1 rings (SSSR count). The molecular formula is C11H17BrF3NO2. The third-order valence-electron chi connectivity index (χ3n) is 2.77. The number of amides is 1. The SMILES string of the molecule is O=C(CCOCC(F)(F)F)NC1CCCCC1Br. The molecule has 0 saturated heterocycles. The highest BCUT2D eigenvalue weighted by atomic mass is 79.9. The molecule has 0 aromatic carbocycles. The fourth-order valence-corrected chi connectivity index (χ4v) is 2.60. The van der Waals surface area contributed by atoms with E-state index < -0.39 is 12.8 Å². The number of hydrogen-bond acceptors (Lipinski definition) is 2. The standard InChI is InChI=1S/C11H17BrF3NO2/c12-8-3-1-2-4-9(8)16-10(17)5-6-18-7-11(13,14)15/h8-9H,1-7H2,(H,16,17). The maximum absolute atomic E-state index is 11.8. The van der Waals surface area contributed by atoms with Crippen molar-refractivity contribution >= 4 is 21.8 Å². The zero-order valence-electron chi connectivity index (χ0n) is 9.93.